The standard InChI is InChI=1S/C22H22N2O3S/c1-24(21(25)8-5-14-23-22(26)17-13-15-28-16-17)18-9-11-20(12-10-18)27-19-6-3-2-4-7-19/h2-4,6-7,9-13,15-16H,5,8,14H2,1H3,(H,23,26). The quantitative estimate of drug-likeness (QED) is 0.563. The number of para-hydroxylation sites is 1. The van der Waals surface area contributed by atoms with E-state index in [1.165, 1.54) is 11.3 Å². The Balaban J connectivity index is 1.44. The zero-order chi connectivity index (χ0) is 19.8. The van der Waals surface area contributed by atoms with E-state index < -0.39 is 0 Å². The van der Waals surface area contributed by atoms with Crippen LogP contribution in [0.25, 0.3) is 0 Å². The number of carbonyl (C=O) groups is 2. The molecule has 1 N–H and O–H groups in total. The second-order valence-electron chi connectivity index (χ2n) is 6.23. The van der Waals surface area contributed by atoms with E-state index in [0.29, 0.717) is 30.7 Å². The third-order valence-electron chi connectivity index (χ3n) is 4.21. The summed E-state index contributed by atoms with van der Waals surface area (Å²) in [5.74, 6) is 1.38. The molecular formula is C22H22N2O3S. The van der Waals surface area contributed by atoms with Crippen LogP contribution < -0.4 is 15.0 Å². The Labute approximate surface area is 168 Å². The number of carbonyl (C=O) groups excluding carboxylic acids is 2. The summed E-state index contributed by atoms with van der Waals surface area (Å²) in [5, 5.41) is 6.50. The topological polar surface area (TPSA) is 58.6 Å². The molecule has 0 aliphatic carbocycles. The molecule has 0 aliphatic heterocycles. The van der Waals surface area contributed by atoms with Crippen molar-refractivity contribution >= 4 is 28.8 Å². The fraction of sp³-hybridized carbons (Fsp3) is 0.182. The zero-order valence-electron chi connectivity index (χ0n) is 15.6. The first kappa shape index (κ1) is 19.6. The maximum Gasteiger partial charge on any atom is 0.252 e. The molecule has 6 heteroatoms. The van der Waals surface area contributed by atoms with Gasteiger partial charge in [-0.15, -0.1) is 0 Å². The molecule has 2 aromatic carbocycles. The predicted octanol–water partition coefficient (Wildman–Crippen LogP) is 4.71. The van der Waals surface area contributed by atoms with Crippen LogP contribution in [0, 0.1) is 0 Å². The Bertz CT molecular complexity index is 893. The molecule has 0 saturated heterocycles. The lowest BCUT2D eigenvalue weighted by Gasteiger charge is -2.18. The lowest BCUT2D eigenvalue weighted by atomic mass is 10.2. The molecule has 28 heavy (non-hydrogen) atoms. The van der Waals surface area contributed by atoms with E-state index in [1.807, 2.05) is 60.0 Å². The summed E-state index contributed by atoms with van der Waals surface area (Å²) < 4.78 is 5.76. The molecule has 144 valence electrons. The van der Waals surface area contributed by atoms with Crippen molar-refractivity contribution in [2.24, 2.45) is 0 Å². The van der Waals surface area contributed by atoms with Gasteiger partial charge in [0.25, 0.3) is 5.91 Å². The molecule has 0 aliphatic rings. The normalized spacial score (nSPS) is 10.3. The first-order chi connectivity index (χ1) is 13.6. The predicted molar refractivity (Wildman–Crippen MR) is 112 cm³/mol. The maximum atomic E-state index is 12.4. The highest BCUT2D eigenvalue weighted by atomic mass is 32.1. The summed E-state index contributed by atoms with van der Waals surface area (Å²) >= 11 is 1.48. The number of hydrogen-bond donors (Lipinski definition) is 1. The first-order valence-corrected chi connectivity index (χ1v) is 9.97. The SMILES string of the molecule is CN(C(=O)CCCNC(=O)c1ccsc1)c1ccc(Oc2ccccc2)cc1. The monoisotopic (exact) mass is 394 g/mol. The second-order valence-corrected chi connectivity index (χ2v) is 7.01. The number of ether oxygens (including phenoxy) is 1. The van der Waals surface area contributed by atoms with Gasteiger partial charge in [-0.2, -0.15) is 11.3 Å². The van der Waals surface area contributed by atoms with Crippen LogP contribution in [0.1, 0.15) is 23.2 Å². The summed E-state index contributed by atoms with van der Waals surface area (Å²) in [6.07, 6.45) is 0.955. The summed E-state index contributed by atoms with van der Waals surface area (Å²) in [6.45, 7) is 0.470. The Morgan fingerprint density at radius 1 is 1.00 bits per heavy atom. The molecule has 2 amide bonds. The van der Waals surface area contributed by atoms with Crippen LogP contribution in [0.15, 0.2) is 71.4 Å². The zero-order valence-corrected chi connectivity index (χ0v) is 16.4. The van der Waals surface area contributed by atoms with Crippen molar-refractivity contribution in [2.75, 3.05) is 18.5 Å². The van der Waals surface area contributed by atoms with Gasteiger partial charge in [-0.25, -0.2) is 0 Å². The van der Waals surface area contributed by atoms with E-state index in [2.05, 4.69) is 5.32 Å². The van der Waals surface area contributed by atoms with E-state index in [9.17, 15) is 9.59 Å². The summed E-state index contributed by atoms with van der Waals surface area (Å²) in [5.41, 5.74) is 1.46. The van der Waals surface area contributed by atoms with Crippen molar-refractivity contribution in [2.45, 2.75) is 12.8 Å². The number of nitrogens with one attached hydrogen (secondary N) is 1. The number of benzene rings is 2. The highest BCUT2D eigenvalue weighted by Crippen LogP contribution is 2.24. The van der Waals surface area contributed by atoms with Gasteiger partial charge in [0.2, 0.25) is 5.91 Å². The van der Waals surface area contributed by atoms with E-state index in [-0.39, 0.29) is 11.8 Å². The number of rotatable bonds is 8. The number of nitrogens with zero attached hydrogens (tertiary/aromatic N) is 1. The van der Waals surface area contributed by atoms with Crippen LogP contribution in [0.5, 0.6) is 11.5 Å². The molecule has 0 bridgehead atoms. The third kappa shape index (κ3) is 5.44. The molecule has 0 fully saturated rings. The molecular weight excluding hydrogens is 372 g/mol. The largest absolute Gasteiger partial charge is 0.457 e. The average molecular weight is 394 g/mol. The minimum atomic E-state index is -0.101. The lowest BCUT2D eigenvalue weighted by molar-refractivity contribution is -0.118. The Hall–Kier alpha value is -3.12. The summed E-state index contributed by atoms with van der Waals surface area (Å²) in [7, 11) is 1.75. The highest BCUT2D eigenvalue weighted by Gasteiger charge is 2.11. The van der Waals surface area contributed by atoms with Crippen molar-refractivity contribution in [1.29, 1.82) is 0 Å². The Morgan fingerprint density at radius 3 is 2.39 bits per heavy atom. The Kier molecular flexibility index (Phi) is 6.81. The molecule has 1 aromatic heterocycles. The Morgan fingerprint density at radius 2 is 1.71 bits per heavy atom. The van der Waals surface area contributed by atoms with Crippen LogP contribution in [0.4, 0.5) is 5.69 Å². The van der Waals surface area contributed by atoms with E-state index in [1.54, 1.807) is 23.4 Å². The van der Waals surface area contributed by atoms with Gasteiger partial charge in [0.1, 0.15) is 11.5 Å². The van der Waals surface area contributed by atoms with Gasteiger partial charge in [-0.1, -0.05) is 18.2 Å². The summed E-state index contributed by atoms with van der Waals surface area (Å²) in [6, 6.07) is 18.7. The van der Waals surface area contributed by atoms with Crippen molar-refractivity contribution < 1.29 is 14.3 Å². The molecule has 0 saturated carbocycles. The average Bonchev–Trinajstić information content (AvgIpc) is 3.27. The van der Waals surface area contributed by atoms with Crippen LogP contribution in [-0.2, 0) is 4.79 Å². The van der Waals surface area contributed by atoms with Gasteiger partial charge in [0.15, 0.2) is 0 Å². The van der Waals surface area contributed by atoms with E-state index in [4.69, 9.17) is 4.74 Å². The fourth-order valence-electron chi connectivity index (χ4n) is 2.61. The molecule has 3 aromatic rings. The third-order valence-corrected chi connectivity index (χ3v) is 4.90. The van der Waals surface area contributed by atoms with Gasteiger partial charge < -0.3 is 15.0 Å². The van der Waals surface area contributed by atoms with Gasteiger partial charge in [0.05, 0.1) is 0 Å². The minimum Gasteiger partial charge on any atom is -0.457 e. The first-order valence-electron chi connectivity index (χ1n) is 9.03. The lowest BCUT2D eigenvalue weighted by Crippen LogP contribution is -2.28. The van der Waals surface area contributed by atoms with Gasteiger partial charge in [-0.05, 0) is 54.3 Å². The second kappa shape index (κ2) is 9.71. The molecule has 5 nitrogen and oxygen atoms in total. The van der Waals surface area contributed by atoms with Crippen LogP contribution in [-0.4, -0.2) is 25.4 Å². The highest BCUT2D eigenvalue weighted by molar-refractivity contribution is 7.08. The van der Waals surface area contributed by atoms with Crippen LogP contribution in [0.2, 0.25) is 0 Å². The van der Waals surface area contributed by atoms with Crippen molar-refractivity contribution in [3.8, 4) is 11.5 Å². The molecule has 1 heterocycles. The molecule has 0 spiro atoms. The van der Waals surface area contributed by atoms with Gasteiger partial charge in [0, 0.05) is 36.6 Å². The number of anilines is 1. The van der Waals surface area contributed by atoms with E-state index in [0.717, 1.165) is 11.4 Å². The number of hydrogen-bond acceptors (Lipinski definition) is 4. The van der Waals surface area contributed by atoms with Crippen LogP contribution in [0.3, 0.4) is 0 Å². The fourth-order valence-corrected chi connectivity index (χ4v) is 3.25. The smallest absolute Gasteiger partial charge is 0.252 e. The van der Waals surface area contributed by atoms with Crippen molar-refractivity contribution in [1.82, 2.24) is 5.32 Å². The van der Waals surface area contributed by atoms with E-state index >= 15 is 0 Å². The molecule has 0 unspecified atom stereocenters. The summed E-state index contributed by atoms with van der Waals surface area (Å²) in [4.78, 5) is 25.9. The van der Waals surface area contributed by atoms with Gasteiger partial charge >= 0.3 is 0 Å². The number of thiophene rings is 1. The maximum absolute atomic E-state index is 12.4. The molecule has 3 rings (SSSR count). The molecule has 0 atom stereocenters. The van der Waals surface area contributed by atoms with Crippen molar-refractivity contribution in [3.63, 3.8) is 0 Å². The minimum absolute atomic E-state index is 0.00140. The molecule has 0 radical (unpaired) electrons. The van der Waals surface area contributed by atoms with Gasteiger partial charge in [-0.3, -0.25) is 9.59 Å². The number of amides is 2. The van der Waals surface area contributed by atoms with Crippen LogP contribution >= 0.6 is 11.3 Å². The van der Waals surface area contributed by atoms with Crippen molar-refractivity contribution in [3.05, 3.63) is 77.0 Å².